The predicted octanol–water partition coefficient (Wildman–Crippen LogP) is -0.114. The van der Waals surface area contributed by atoms with Gasteiger partial charge < -0.3 is 40.6 Å². The van der Waals surface area contributed by atoms with Crippen molar-refractivity contribution in [1.82, 2.24) is 38.6 Å². The number of nitrogens with one attached hydrogen (secondary N) is 1. The molecule has 17 nitrogen and oxygen atoms in total. The first-order valence-electron chi connectivity index (χ1n) is 16.2. The van der Waals surface area contributed by atoms with Crippen molar-refractivity contribution in [2.45, 2.75) is 75.8 Å². The molecule has 4 aromatic rings. The van der Waals surface area contributed by atoms with Gasteiger partial charge in [0.05, 0.1) is 18.5 Å². The van der Waals surface area contributed by atoms with Gasteiger partial charge in [-0.15, -0.1) is 26.4 Å². The van der Waals surface area contributed by atoms with Gasteiger partial charge in [0.2, 0.25) is 5.95 Å². The maximum absolute atomic E-state index is 12.3. The quantitative estimate of drug-likeness (QED) is 0.130. The van der Waals surface area contributed by atoms with Crippen LogP contribution in [0.4, 0.5) is 5.95 Å². The largest absolute Gasteiger partial charge is 0.388 e. The average Bonchev–Trinajstić information content (AvgIpc) is 3.73. The number of aliphatic hydroxyl groups excluding tert-OH is 4. The van der Waals surface area contributed by atoms with Gasteiger partial charge in [-0.25, -0.2) is 19.9 Å². The molecular weight excluding hydrogens is 688 g/mol. The van der Waals surface area contributed by atoms with Crippen LogP contribution in [0.25, 0.3) is 22.3 Å². The lowest BCUT2D eigenvalue weighted by atomic mass is 10.1. The van der Waals surface area contributed by atoms with E-state index in [4.69, 9.17) is 15.2 Å². The molecule has 6 rings (SSSR count). The second-order valence-corrected chi connectivity index (χ2v) is 23.1. The summed E-state index contributed by atoms with van der Waals surface area (Å²) in [6.45, 7) is 9.27. The van der Waals surface area contributed by atoms with Crippen LogP contribution in [-0.2, 0) is 16.5 Å². The monoisotopic (exact) mass is 737 g/mol. The Kier molecular flexibility index (Phi) is 10.8. The molecule has 50 heavy (non-hydrogen) atoms. The Morgan fingerprint density at radius 3 is 1.94 bits per heavy atom. The van der Waals surface area contributed by atoms with E-state index >= 15 is 0 Å². The Bertz CT molecular complexity index is 2100. The van der Waals surface area contributed by atoms with Crippen LogP contribution in [0, 0.1) is 13.8 Å². The number of hydrogen-bond donors (Lipinski definition) is 6. The van der Waals surface area contributed by atoms with Crippen molar-refractivity contribution in [3.63, 3.8) is 0 Å². The Balaban J connectivity index is 0.000000194. The van der Waals surface area contributed by atoms with Gasteiger partial charge in [-0.05, 0) is 65.7 Å². The minimum Gasteiger partial charge on any atom is -0.388 e. The van der Waals surface area contributed by atoms with Crippen LogP contribution in [0.5, 0.6) is 0 Å². The highest BCUT2D eigenvalue weighted by Gasteiger charge is 2.46. The molecule has 0 spiro atoms. The maximum atomic E-state index is 12.3. The van der Waals surface area contributed by atoms with Crippen molar-refractivity contribution in [2.75, 3.05) is 44.7 Å². The molecule has 0 radical (unpaired) electrons. The molecule has 276 valence electrons. The highest BCUT2D eigenvalue weighted by atomic mass is 31.2. The number of aromatic nitrogens is 8. The van der Waals surface area contributed by atoms with Gasteiger partial charge in [0.25, 0.3) is 11.1 Å². The number of nitrogen functional groups attached to an aromatic ring is 1. The molecule has 2 aliphatic heterocycles. The van der Waals surface area contributed by atoms with E-state index < -0.39 is 68.4 Å². The number of aliphatic hydroxyl groups is 4. The molecular formula is C31H49N9O8P2. The Morgan fingerprint density at radius 2 is 1.38 bits per heavy atom. The first-order chi connectivity index (χ1) is 23.2. The van der Waals surface area contributed by atoms with E-state index in [0.717, 1.165) is 12.3 Å². The lowest BCUT2D eigenvalue weighted by molar-refractivity contribution is -0.0353. The van der Waals surface area contributed by atoms with Gasteiger partial charge in [0.15, 0.2) is 34.8 Å². The number of anilines is 1. The van der Waals surface area contributed by atoms with Gasteiger partial charge in [0, 0.05) is 7.05 Å². The summed E-state index contributed by atoms with van der Waals surface area (Å²) >= 11 is 0. The number of aryl methyl sites for hydroxylation is 2. The maximum Gasteiger partial charge on any atom is 0.281 e. The molecule has 0 aromatic carbocycles. The first kappa shape index (κ1) is 38.1. The summed E-state index contributed by atoms with van der Waals surface area (Å²) in [6.07, 6.45) is 5.46. The number of hydrogen-bond acceptors (Lipinski definition) is 13. The summed E-state index contributed by atoms with van der Waals surface area (Å²) in [7, 11) is 1.63. The van der Waals surface area contributed by atoms with Gasteiger partial charge in [0.1, 0.15) is 36.1 Å². The van der Waals surface area contributed by atoms with Crippen molar-refractivity contribution in [3.05, 3.63) is 38.7 Å². The van der Waals surface area contributed by atoms with E-state index in [1.54, 1.807) is 20.9 Å². The summed E-state index contributed by atoms with van der Waals surface area (Å²) in [4.78, 5) is 43.7. The van der Waals surface area contributed by atoms with Gasteiger partial charge in [-0.3, -0.25) is 23.3 Å². The summed E-state index contributed by atoms with van der Waals surface area (Å²) in [5.41, 5.74) is 6.12. The first-order valence-corrected chi connectivity index (χ1v) is 22.3. The van der Waals surface area contributed by atoms with Crippen molar-refractivity contribution in [2.24, 2.45) is 7.05 Å². The SMILES string of the molecule is C=P(C)(C)CC[C@H]1OC(n2c(N)nc3c(=O)[nH]c(C)nc32)[C@H](O)[C@@H]1O.C=P(C)(C)CC[C@H]1OC(n2cnc3c(=O)n(C)c(C)nc32)[C@H](O)[C@@H]1O. The molecule has 0 amide bonds. The summed E-state index contributed by atoms with van der Waals surface area (Å²) in [6, 6.07) is 0. The molecule has 2 fully saturated rings. The van der Waals surface area contributed by atoms with E-state index in [-0.39, 0.29) is 28.2 Å². The molecule has 19 heteroatoms. The highest BCUT2D eigenvalue weighted by molar-refractivity contribution is 7.72. The number of fused-ring (bicyclic) bond motifs is 2. The molecule has 2 saturated heterocycles. The molecule has 4 aromatic heterocycles. The fourth-order valence-corrected chi connectivity index (χ4v) is 7.94. The Morgan fingerprint density at radius 1 is 0.840 bits per heavy atom. The van der Waals surface area contributed by atoms with Crippen molar-refractivity contribution in [1.29, 1.82) is 0 Å². The molecule has 2 unspecified atom stereocenters. The van der Waals surface area contributed by atoms with Crippen LogP contribution in [0.2, 0.25) is 0 Å². The second kappa shape index (κ2) is 14.1. The third-order valence-electron chi connectivity index (χ3n) is 8.97. The van der Waals surface area contributed by atoms with Crippen molar-refractivity contribution < 1.29 is 29.9 Å². The van der Waals surface area contributed by atoms with Crippen molar-refractivity contribution in [3.8, 4) is 0 Å². The number of ether oxygens (including phenoxy) is 2. The van der Waals surface area contributed by atoms with Crippen LogP contribution in [0.3, 0.4) is 0 Å². The smallest absolute Gasteiger partial charge is 0.281 e. The van der Waals surface area contributed by atoms with Gasteiger partial charge in [-0.2, -0.15) is 0 Å². The summed E-state index contributed by atoms with van der Waals surface area (Å²) in [5.74, 6) is 0.930. The molecule has 7 N–H and O–H groups in total. The number of imidazole rings is 2. The minimum absolute atomic E-state index is 0.000452. The number of aromatic amines is 1. The van der Waals surface area contributed by atoms with E-state index in [1.165, 1.54) is 20.0 Å². The van der Waals surface area contributed by atoms with Crippen LogP contribution in [-0.4, -0.2) is 147 Å². The zero-order chi connectivity index (χ0) is 37.0. The molecule has 0 bridgehead atoms. The van der Waals surface area contributed by atoms with Crippen molar-refractivity contribution >= 4 is 54.6 Å². The van der Waals surface area contributed by atoms with Gasteiger partial charge >= 0.3 is 0 Å². The Hall–Kier alpha value is -3.14. The fraction of sp³-hybridized carbons (Fsp3) is 0.613. The number of H-pyrrole nitrogens is 1. The van der Waals surface area contributed by atoms with Crippen LogP contribution in [0.15, 0.2) is 15.9 Å². The average molecular weight is 738 g/mol. The van der Waals surface area contributed by atoms with E-state index in [9.17, 15) is 30.0 Å². The zero-order valence-corrected chi connectivity index (χ0v) is 31.3. The lowest BCUT2D eigenvalue weighted by Crippen LogP contribution is -2.32. The summed E-state index contributed by atoms with van der Waals surface area (Å²) in [5, 5.41) is 41.6. The van der Waals surface area contributed by atoms with E-state index in [0.29, 0.717) is 30.1 Å². The van der Waals surface area contributed by atoms with Gasteiger partial charge in [-0.1, -0.05) is 0 Å². The molecule has 8 atom stereocenters. The van der Waals surface area contributed by atoms with E-state index in [1.807, 2.05) is 0 Å². The number of nitrogens with zero attached hydrogens (tertiary/aromatic N) is 7. The standard InChI is InChI=1S/C16H25N4O4P.C15H24N5O4P/c1-9-18-14-11(15(23)19(9)2)17-8-20(14)16-13(22)12(21)10(24-16)6-7-25(3,4)5;1-7-17-12-9(13(23)18-7)19-15(16)20(12)14-11(22)10(21)8(24-14)5-6-25(2,3)4/h8,10,12-13,16,21-22H,3,6-7H2,1-2,4-5H3;8,10-11,14,21-22H,2,5-6H2,1,3-4H3,(H2,16,19)(H,17,18,23)/t10-,12-,13-,16?;8-,10-,11-,14?/m11/s1. The zero-order valence-electron chi connectivity index (χ0n) is 29.5. The predicted molar refractivity (Wildman–Crippen MR) is 197 cm³/mol. The number of nitrogens with two attached hydrogens (primary N) is 1. The third-order valence-corrected chi connectivity index (χ3v) is 11.9. The normalized spacial score (nSPS) is 27.3. The lowest BCUT2D eigenvalue weighted by Gasteiger charge is -2.19. The third kappa shape index (κ3) is 7.70. The van der Waals surface area contributed by atoms with Crippen LogP contribution >= 0.6 is 13.8 Å². The molecule has 2 aliphatic rings. The topological polar surface area (TPSA) is 242 Å². The minimum atomic E-state index is -1.28. The van der Waals surface area contributed by atoms with Crippen LogP contribution in [0.1, 0.15) is 36.9 Å². The van der Waals surface area contributed by atoms with E-state index in [2.05, 4.69) is 64.2 Å². The highest BCUT2D eigenvalue weighted by Crippen LogP contribution is 2.41. The molecule has 0 aliphatic carbocycles. The molecule has 6 heterocycles. The fourth-order valence-electron chi connectivity index (χ4n) is 6.03. The summed E-state index contributed by atoms with van der Waals surface area (Å²) < 4.78 is 16.1. The Labute approximate surface area is 289 Å². The number of rotatable bonds is 8. The molecule has 0 saturated carbocycles. The van der Waals surface area contributed by atoms with Crippen LogP contribution < -0.4 is 16.9 Å². The second-order valence-electron chi connectivity index (χ2n) is 14.5.